The van der Waals surface area contributed by atoms with Crippen LogP contribution in [-0.2, 0) is 4.74 Å². The summed E-state index contributed by atoms with van der Waals surface area (Å²) in [7, 11) is 0. The molecule has 1 saturated heterocycles. The van der Waals surface area contributed by atoms with Crippen LogP contribution < -0.4 is 20.9 Å². The summed E-state index contributed by atoms with van der Waals surface area (Å²) in [4.78, 5) is 28.5. The van der Waals surface area contributed by atoms with Crippen molar-refractivity contribution in [2.45, 2.75) is 31.4 Å². The molecule has 10 heteroatoms. The van der Waals surface area contributed by atoms with E-state index in [-0.39, 0.29) is 18.1 Å². The van der Waals surface area contributed by atoms with Gasteiger partial charge in [0.15, 0.2) is 12.3 Å². The van der Waals surface area contributed by atoms with Crippen LogP contribution in [0.15, 0.2) is 14.7 Å². The summed E-state index contributed by atoms with van der Waals surface area (Å²) in [5.74, 6) is 0.121. The SMILES string of the molecule is Cc1c2n(c(=O)[nH]c1=O)C1OC(CO)C(N=[N+]=N)C1O2. The van der Waals surface area contributed by atoms with E-state index in [9.17, 15) is 14.7 Å². The summed E-state index contributed by atoms with van der Waals surface area (Å²) in [6.45, 7) is 1.18. The molecule has 1 aromatic rings. The summed E-state index contributed by atoms with van der Waals surface area (Å²) in [5, 5.41) is 12.9. The van der Waals surface area contributed by atoms with Gasteiger partial charge in [0.2, 0.25) is 16.8 Å². The van der Waals surface area contributed by atoms with Gasteiger partial charge in [-0.05, 0) is 6.92 Å². The zero-order valence-corrected chi connectivity index (χ0v) is 10.4. The third-order valence-corrected chi connectivity index (χ3v) is 3.51. The number of aromatic amines is 1. The van der Waals surface area contributed by atoms with E-state index in [2.05, 4.69) is 15.0 Å². The van der Waals surface area contributed by atoms with Crippen molar-refractivity contribution in [3.63, 3.8) is 0 Å². The molecule has 1 aromatic heterocycles. The second-order valence-electron chi connectivity index (χ2n) is 4.60. The number of hydrogen-bond acceptors (Lipinski definition) is 7. The second kappa shape index (κ2) is 4.37. The van der Waals surface area contributed by atoms with E-state index in [0.29, 0.717) is 0 Å². The number of rotatable bonds is 2. The molecule has 4 unspecified atom stereocenters. The lowest BCUT2D eigenvalue weighted by Crippen LogP contribution is -2.33. The van der Waals surface area contributed by atoms with Crippen LogP contribution in [0.25, 0.3) is 0 Å². The fourth-order valence-electron chi connectivity index (χ4n) is 2.54. The Bertz CT molecular complexity index is 718. The minimum atomic E-state index is -0.805. The first-order valence-electron chi connectivity index (χ1n) is 5.93. The van der Waals surface area contributed by atoms with Gasteiger partial charge >= 0.3 is 5.69 Å². The zero-order valence-electron chi connectivity index (χ0n) is 10.4. The molecule has 0 radical (unpaired) electrons. The molecule has 4 atom stereocenters. The van der Waals surface area contributed by atoms with E-state index in [1.807, 2.05) is 0 Å². The van der Waals surface area contributed by atoms with Crippen LogP contribution in [0.2, 0.25) is 0 Å². The maximum absolute atomic E-state index is 11.9. The minimum Gasteiger partial charge on any atom is -0.467 e. The fourth-order valence-corrected chi connectivity index (χ4v) is 2.54. The van der Waals surface area contributed by atoms with Crippen LogP contribution >= 0.6 is 0 Å². The van der Waals surface area contributed by atoms with Gasteiger partial charge in [0.25, 0.3) is 5.56 Å². The van der Waals surface area contributed by atoms with Gasteiger partial charge in [0, 0.05) is 0 Å². The molecule has 3 heterocycles. The number of nitrogens with zero attached hydrogens (tertiary/aromatic N) is 3. The smallest absolute Gasteiger partial charge is 0.333 e. The van der Waals surface area contributed by atoms with Gasteiger partial charge in [-0.1, -0.05) is 0 Å². The van der Waals surface area contributed by atoms with Crippen LogP contribution in [0.1, 0.15) is 11.8 Å². The summed E-state index contributed by atoms with van der Waals surface area (Å²) < 4.78 is 12.3. The molecule has 2 aliphatic heterocycles. The fraction of sp³-hybridized carbons (Fsp3) is 0.600. The van der Waals surface area contributed by atoms with Crippen molar-refractivity contribution < 1.29 is 14.6 Å². The molecule has 0 amide bonds. The summed E-state index contributed by atoms with van der Waals surface area (Å²) >= 11 is 0. The molecule has 1 fully saturated rings. The first kappa shape index (κ1) is 12.7. The highest BCUT2D eigenvalue weighted by Gasteiger charge is 2.55. The highest BCUT2D eigenvalue weighted by Crippen LogP contribution is 2.40. The third kappa shape index (κ3) is 1.56. The Kier molecular flexibility index (Phi) is 2.78. The predicted octanol–water partition coefficient (Wildman–Crippen LogP) is -1.59. The highest BCUT2D eigenvalue weighted by molar-refractivity contribution is 5.27. The maximum atomic E-state index is 11.9. The van der Waals surface area contributed by atoms with Crippen molar-refractivity contribution in [2.24, 2.45) is 5.11 Å². The maximum Gasteiger partial charge on any atom is 0.333 e. The van der Waals surface area contributed by atoms with E-state index in [0.717, 1.165) is 0 Å². The number of fused-ring (bicyclic) bond motifs is 3. The quantitative estimate of drug-likeness (QED) is 0.442. The van der Waals surface area contributed by atoms with Crippen molar-refractivity contribution in [2.75, 3.05) is 6.61 Å². The normalized spacial score (nSPS) is 30.3. The summed E-state index contributed by atoms with van der Waals surface area (Å²) in [5.41, 5.74) is 5.88. The van der Waals surface area contributed by atoms with E-state index < -0.39 is 35.7 Å². The number of nitrogens with one attached hydrogen (secondary N) is 2. The molecular formula is C10H12N5O5+. The number of ether oxygens (including phenoxy) is 2. The van der Waals surface area contributed by atoms with E-state index in [1.165, 1.54) is 11.5 Å². The molecule has 0 saturated carbocycles. The number of aliphatic hydroxyl groups is 1. The topological polar surface area (TPSA) is 144 Å². The van der Waals surface area contributed by atoms with Gasteiger partial charge in [-0.25, -0.2) is 9.36 Å². The standard InChI is InChI=1S/C10H11N5O5/c1-3-7(17)12-10(18)15-8(3)20-6-5(13-14-11)4(2-16)19-9(6)15/h4-6,9,11,16H,2H2,1H3/p+1. The molecule has 10 nitrogen and oxygen atoms in total. The van der Waals surface area contributed by atoms with E-state index in [1.54, 1.807) is 0 Å². The molecule has 0 aliphatic carbocycles. The zero-order chi connectivity index (χ0) is 14.4. The summed E-state index contributed by atoms with van der Waals surface area (Å²) in [6.07, 6.45) is -2.23. The Labute approximate surface area is 111 Å². The van der Waals surface area contributed by atoms with Crippen LogP contribution in [0, 0.1) is 12.5 Å². The lowest BCUT2D eigenvalue weighted by molar-refractivity contribution is -0.0289. The molecule has 106 valence electrons. The average molecular weight is 282 g/mol. The second-order valence-corrected chi connectivity index (χ2v) is 4.60. The van der Waals surface area contributed by atoms with Gasteiger partial charge in [0.1, 0.15) is 16.7 Å². The van der Waals surface area contributed by atoms with Gasteiger partial charge in [0.05, 0.1) is 12.2 Å². The van der Waals surface area contributed by atoms with E-state index >= 15 is 0 Å². The Morgan fingerprint density at radius 3 is 2.95 bits per heavy atom. The number of hydrogen-bond donors (Lipinski definition) is 3. The first-order chi connectivity index (χ1) is 9.58. The van der Waals surface area contributed by atoms with Crippen LogP contribution in [0.5, 0.6) is 5.88 Å². The molecular weight excluding hydrogens is 270 g/mol. The molecule has 2 aliphatic rings. The molecule has 0 aromatic carbocycles. The Morgan fingerprint density at radius 1 is 1.55 bits per heavy atom. The van der Waals surface area contributed by atoms with Crippen LogP contribution in [-0.4, -0.2) is 39.5 Å². The molecule has 0 spiro atoms. The van der Waals surface area contributed by atoms with Crippen molar-refractivity contribution in [3.8, 4) is 5.88 Å². The highest BCUT2D eigenvalue weighted by atomic mass is 16.6. The van der Waals surface area contributed by atoms with Gasteiger partial charge in [-0.2, -0.15) is 0 Å². The first-order valence-corrected chi connectivity index (χ1v) is 5.93. The Morgan fingerprint density at radius 2 is 2.30 bits per heavy atom. The van der Waals surface area contributed by atoms with Crippen molar-refractivity contribution in [1.29, 1.82) is 5.53 Å². The molecule has 20 heavy (non-hydrogen) atoms. The van der Waals surface area contributed by atoms with Crippen molar-refractivity contribution >= 4 is 0 Å². The Hall–Kier alpha value is -2.29. The summed E-state index contributed by atoms with van der Waals surface area (Å²) in [6, 6.07) is -0.712. The van der Waals surface area contributed by atoms with Crippen molar-refractivity contribution in [1.82, 2.24) is 14.5 Å². The van der Waals surface area contributed by atoms with Crippen molar-refractivity contribution in [3.05, 3.63) is 26.4 Å². The number of H-pyrrole nitrogens is 1. The third-order valence-electron chi connectivity index (χ3n) is 3.51. The van der Waals surface area contributed by atoms with Crippen LogP contribution in [0.4, 0.5) is 0 Å². The molecule has 3 rings (SSSR count). The number of aliphatic hydroxyl groups excluding tert-OH is 1. The monoisotopic (exact) mass is 282 g/mol. The predicted molar refractivity (Wildman–Crippen MR) is 62.5 cm³/mol. The molecule has 3 N–H and O–H groups in total. The Balaban J connectivity index is 2.13. The average Bonchev–Trinajstić information content (AvgIpc) is 2.93. The van der Waals surface area contributed by atoms with Gasteiger partial charge in [-0.15, -0.1) is 0 Å². The number of aromatic nitrogens is 2. The van der Waals surface area contributed by atoms with E-state index in [4.69, 9.17) is 15.0 Å². The lowest BCUT2D eigenvalue weighted by Gasteiger charge is -2.13. The minimum absolute atomic E-state index is 0.121. The van der Waals surface area contributed by atoms with Crippen LogP contribution in [0.3, 0.4) is 0 Å². The van der Waals surface area contributed by atoms with Gasteiger partial charge in [-0.3, -0.25) is 9.78 Å². The van der Waals surface area contributed by atoms with Gasteiger partial charge < -0.3 is 14.6 Å². The lowest BCUT2D eigenvalue weighted by atomic mass is 10.1. The molecule has 0 bridgehead atoms. The largest absolute Gasteiger partial charge is 0.467 e.